The number of hydroxylamine groups is 2. The normalized spacial score (nSPS) is 13.1. The van der Waals surface area contributed by atoms with Crippen molar-refractivity contribution in [1.82, 2.24) is 9.96 Å². The van der Waals surface area contributed by atoms with Crippen LogP contribution in [0.5, 0.6) is 0 Å². The number of carbonyl (C=O) groups excluding carboxylic acids is 2. The Morgan fingerprint density at radius 3 is 2.12 bits per heavy atom. The summed E-state index contributed by atoms with van der Waals surface area (Å²) in [5.41, 5.74) is -0.865. The van der Waals surface area contributed by atoms with Crippen molar-refractivity contribution < 1.29 is 24.6 Å². The van der Waals surface area contributed by atoms with Crippen molar-refractivity contribution in [3.05, 3.63) is 0 Å². The van der Waals surface area contributed by atoms with E-state index in [4.69, 9.17) is 0 Å². The van der Waals surface area contributed by atoms with Crippen molar-refractivity contribution in [2.75, 3.05) is 20.8 Å². The summed E-state index contributed by atoms with van der Waals surface area (Å²) in [7, 11) is 2.61. The molecule has 0 aliphatic carbocycles. The molecule has 0 saturated heterocycles. The molecule has 0 aromatic heterocycles. The maximum Gasteiger partial charge on any atom is 0.270 e. The third-order valence-electron chi connectivity index (χ3n) is 2.27. The van der Waals surface area contributed by atoms with Gasteiger partial charge in [-0.05, 0) is 20.8 Å². The summed E-state index contributed by atoms with van der Waals surface area (Å²) in [5.74, 6) is -0.658. The minimum absolute atomic E-state index is 0.641. The van der Waals surface area contributed by atoms with Gasteiger partial charge in [0, 0.05) is 12.6 Å². The second-order valence-corrected chi connectivity index (χ2v) is 4.52. The van der Waals surface area contributed by atoms with Gasteiger partial charge in [0.25, 0.3) is 5.91 Å². The van der Waals surface area contributed by atoms with Crippen LogP contribution in [0, 0.1) is 0 Å². The first-order chi connectivity index (χ1) is 7.66. The van der Waals surface area contributed by atoms with Crippen molar-refractivity contribution in [1.29, 1.82) is 0 Å². The molecule has 0 aliphatic rings. The van der Waals surface area contributed by atoms with Crippen LogP contribution >= 0.6 is 0 Å². The zero-order valence-electron chi connectivity index (χ0n) is 10.8. The first-order valence-corrected chi connectivity index (χ1v) is 5.09. The number of nitrogens with zero attached hydrogens (tertiary/aromatic N) is 2. The largest absolute Gasteiger partial charge is 0.530 e. The predicted octanol–water partition coefficient (Wildman–Crippen LogP) is -1.19. The molecule has 0 aromatic rings. The first-order valence-electron chi connectivity index (χ1n) is 5.09. The standard InChI is InChI=1S/C10H20N2O5/c1-10(2,3)12(9(15)16)7(6-13)8(14)11(4)17-5/h7,13H,6H2,1-5H3,(H,15,16)/p-1/t7-/m1/s1. The molecule has 0 unspecified atom stereocenters. The van der Waals surface area contributed by atoms with E-state index in [1.807, 2.05) is 0 Å². The molecule has 0 rings (SSSR count). The van der Waals surface area contributed by atoms with Gasteiger partial charge in [0.2, 0.25) is 0 Å². The van der Waals surface area contributed by atoms with Gasteiger partial charge in [0.1, 0.15) is 12.1 Å². The van der Waals surface area contributed by atoms with E-state index in [-0.39, 0.29) is 0 Å². The van der Waals surface area contributed by atoms with Crippen LogP contribution in [0.2, 0.25) is 0 Å². The van der Waals surface area contributed by atoms with Crippen molar-refractivity contribution in [2.45, 2.75) is 32.4 Å². The Morgan fingerprint density at radius 2 is 1.88 bits per heavy atom. The number of aliphatic hydroxyl groups is 1. The Hall–Kier alpha value is -1.34. The Balaban J connectivity index is 5.19. The number of carboxylic acid groups (broad SMARTS) is 1. The van der Waals surface area contributed by atoms with Crippen LogP contribution in [0.4, 0.5) is 4.79 Å². The molecule has 0 aliphatic heterocycles. The Kier molecular flexibility index (Phi) is 5.37. The molecule has 0 fully saturated rings. The summed E-state index contributed by atoms with van der Waals surface area (Å²) >= 11 is 0. The monoisotopic (exact) mass is 247 g/mol. The van der Waals surface area contributed by atoms with Crippen molar-refractivity contribution in [3.8, 4) is 0 Å². The molecule has 7 heteroatoms. The first kappa shape index (κ1) is 15.7. The van der Waals surface area contributed by atoms with Gasteiger partial charge in [-0.2, -0.15) is 0 Å². The van der Waals surface area contributed by atoms with Crippen LogP contribution in [0.3, 0.4) is 0 Å². The van der Waals surface area contributed by atoms with E-state index in [1.54, 1.807) is 20.8 Å². The van der Waals surface area contributed by atoms with Crippen molar-refractivity contribution >= 4 is 12.0 Å². The van der Waals surface area contributed by atoms with Gasteiger partial charge in [-0.15, -0.1) is 0 Å². The molecule has 1 atom stereocenters. The average Bonchev–Trinajstić information content (AvgIpc) is 2.20. The maximum absolute atomic E-state index is 11.8. The van der Waals surface area contributed by atoms with Gasteiger partial charge in [-0.1, -0.05) is 0 Å². The molecule has 7 nitrogen and oxygen atoms in total. The second-order valence-electron chi connectivity index (χ2n) is 4.52. The molecule has 0 heterocycles. The van der Waals surface area contributed by atoms with Gasteiger partial charge in [-0.25, -0.2) is 5.06 Å². The molecular weight excluding hydrogens is 228 g/mol. The quantitative estimate of drug-likeness (QED) is 0.630. The highest BCUT2D eigenvalue weighted by Crippen LogP contribution is 2.17. The zero-order chi connectivity index (χ0) is 13.8. The third kappa shape index (κ3) is 3.86. The summed E-state index contributed by atoms with van der Waals surface area (Å²) < 4.78 is 0. The molecule has 0 bridgehead atoms. The molecule has 2 amide bonds. The highest BCUT2D eigenvalue weighted by Gasteiger charge is 2.35. The lowest BCUT2D eigenvalue weighted by Crippen LogP contribution is -2.61. The smallest absolute Gasteiger partial charge is 0.270 e. The van der Waals surface area contributed by atoms with E-state index < -0.39 is 30.2 Å². The van der Waals surface area contributed by atoms with E-state index in [0.29, 0.717) is 0 Å². The minimum atomic E-state index is -1.52. The summed E-state index contributed by atoms with van der Waals surface area (Å²) in [6.07, 6.45) is -1.52. The molecule has 17 heavy (non-hydrogen) atoms. The number of carbonyl (C=O) groups is 2. The maximum atomic E-state index is 11.8. The van der Waals surface area contributed by atoms with Gasteiger partial charge in [0.05, 0.1) is 13.7 Å². The van der Waals surface area contributed by atoms with Crippen LogP contribution < -0.4 is 5.11 Å². The molecule has 1 N–H and O–H groups in total. The van der Waals surface area contributed by atoms with Gasteiger partial charge < -0.3 is 19.9 Å². The number of likely N-dealkylation sites (N-methyl/N-ethyl adjacent to an activating group) is 1. The van der Waals surface area contributed by atoms with Crippen LogP contribution in [0.1, 0.15) is 20.8 Å². The molecule has 0 saturated carbocycles. The Labute approximate surface area is 101 Å². The minimum Gasteiger partial charge on any atom is -0.530 e. The highest BCUT2D eigenvalue weighted by atomic mass is 16.7. The molecule has 0 radical (unpaired) electrons. The predicted molar refractivity (Wildman–Crippen MR) is 57.6 cm³/mol. The zero-order valence-corrected chi connectivity index (χ0v) is 10.8. The fourth-order valence-electron chi connectivity index (χ4n) is 1.44. The number of hydrogen-bond acceptors (Lipinski definition) is 5. The second kappa shape index (κ2) is 5.83. The average molecular weight is 247 g/mol. The fourth-order valence-corrected chi connectivity index (χ4v) is 1.44. The summed E-state index contributed by atoms with van der Waals surface area (Å²) in [6.45, 7) is 4.17. The topological polar surface area (TPSA) is 93.1 Å². The van der Waals surface area contributed by atoms with Gasteiger partial charge >= 0.3 is 0 Å². The Bertz CT molecular complexity index is 287. The van der Waals surface area contributed by atoms with Gasteiger partial charge in [-0.3, -0.25) is 9.63 Å². The molecule has 100 valence electrons. The molecule has 0 aromatic carbocycles. The third-order valence-corrected chi connectivity index (χ3v) is 2.27. The lowest BCUT2D eigenvalue weighted by Gasteiger charge is -2.42. The van der Waals surface area contributed by atoms with E-state index in [2.05, 4.69) is 4.84 Å². The van der Waals surface area contributed by atoms with Gasteiger partial charge in [0.15, 0.2) is 0 Å². The van der Waals surface area contributed by atoms with E-state index in [9.17, 15) is 19.8 Å². The lowest BCUT2D eigenvalue weighted by atomic mass is 10.0. The van der Waals surface area contributed by atoms with E-state index in [0.717, 1.165) is 9.96 Å². The lowest BCUT2D eigenvalue weighted by molar-refractivity contribution is -0.275. The summed E-state index contributed by atoms with van der Waals surface area (Å²) in [4.78, 5) is 28.3. The van der Waals surface area contributed by atoms with Crippen LogP contribution in [0.25, 0.3) is 0 Å². The van der Waals surface area contributed by atoms with E-state index >= 15 is 0 Å². The fraction of sp³-hybridized carbons (Fsp3) is 0.800. The summed E-state index contributed by atoms with van der Waals surface area (Å²) in [6, 6.07) is -1.25. The number of amides is 2. The van der Waals surface area contributed by atoms with Crippen LogP contribution in [-0.2, 0) is 9.63 Å². The van der Waals surface area contributed by atoms with E-state index in [1.165, 1.54) is 14.2 Å². The number of hydrogen-bond donors (Lipinski definition) is 1. The van der Waals surface area contributed by atoms with Crippen molar-refractivity contribution in [3.63, 3.8) is 0 Å². The molecular formula is C10H19N2O5-. The van der Waals surface area contributed by atoms with Crippen LogP contribution in [-0.4, -0.2) is 59.4 Å². The van der Waals surface area contributed by atoms with Crippen LogP contribution in [0.15, 0.2) is 0 Å². The summed E-state index contributed by atoms with van der Waals surface area (Å²) in [5, 5.41) is 21.1. The Morgan fingerprint density at radius 1 is 1.41 bits per heavy atom. The SMILES string of the molecule is CON(C)C(=O)[C@@H](CO)N(C(=O)[O-])C(C)(C)C. The highest BCUT2D eigenvalue weighted by molar-refractivity contribution is 5.84. The molecule has 0 spiro atoms. The number of rotatable bonds is 4. The van der Waals surface area contributed by atoms with Crippen molar-refractivity contribution in [2.24, 2.45) is 0 Å². The number of aliphatic hydroxyl groups excluding tert-OH is 1.